The predicted octanol–water partition coefficient (Wildman–Crippen LogP) is 5.39. The van der Waals surface area contributed by atoms with Crippen LogP contribution in [0, 0.1) is 50.2 Å². The first kappa shape index (κ1) is 39.8. The third kappa shape index (κ3) is 5.61. The van der Waals surface area contributed by atoms with Gasteiger partial charge in [0, 0.05) is 56.5 Å². The fraction of sp³-hybridized carbons (Fsp3) is 0.881. The van der Waals surface area contributed by atoms with Crippen LogP contribution in [-0.2, 0) is 19.1 Å². The van der Waals surface area contributed by atoms with Gasteiger partial charge in [-0.25, -0.2) is 0 Å². The Kier molecular flexibility index (Phi) is 10.1. The molecule has 52 heavy (non-hydrogen) atoms. The molecule has 1 saturated heterocycles. The first-order valence-electron chi connectivity index (χ1n) is 20.3. The molecule has 10 atom stereocenters. The lowest BCUT2D eigenvalue weighted by molar-refractivity contribution is -0.265. The van der Waals surface area contributed by atoms with Crippen LogP contribution in [0.2, 0.25) is 0 Å². The van der Waals surface area contributed by atoms with Gasteiger partial charge in [-0.2, -0.15) is 0 Å². The van der Waals surface area contributed by atoms with Crippen LogP contribution in [0.5, 0.6) is 0 Å². The van der Waals surface area contributed by atoms with Crippen LogP contribution in [0.1, 0.15) is 127 Å². The van der Waals surface area contributed by atoms with Crippen LogP contribution in [0.4, 0.5) is 0 Å². The number of hydrogen-bond donors (Lipinski definition) is 4. The maximum Gasteiger partial charge on any atom is 0.309 e. The zero-order valence-electron chi connectivity index (χ0n) is 33.6. The minimum absolute atomic E-state index is 0.0270. The van der Waals surface area contributed by atoms with E-state index in [2.05, 4.69) is 53.4 Å². The summed E-state index contributed by atoms with van der Waals surface area (Å²) >= 11 is 0. The second kappa shape index (κ2) is 13.1. The highest BCUT2D eigenvalue weighted by Gasteiger charge is 2.75. The number of aliphatic hydroxyl groups is 2. The van der Waals surface area contributed by atoms with E-state index in [0.717, 1.165) is 76.4 Å². The number of nitrogens with two attached hydrogens (primary N) is 1. The van der Waals surface area contributed by atoms with Crippen LogP contribution in [0.15, 0.2) is 11.1 Å². The number of β-amino-alcohol motifs (C(OH)–C–C–N with tert-alkyl or cyclic N) is 1. The number of ether oxygens (including phenoxy) is 1. The van der Waals surface area contributed by atoms with Crippen molar-refractivity contribution >= 4 is 18.2 Å². The van der Waals surface area contributed by atoms with Crippen LogP contribution in [0.3, 0.4) is 0 Å². The van der Waals surface area contributed by atoms with Gasteiger partial charge in [0.25, 0.3) is 0 Å². The van der Waals surface area contributed by atoms with Crippen molar-refractivity contribution in [2.75, 3.05) is 32.7 Å². The lowest BCUT2D eigenvalue weighted by atomic mass is 9.30. The summed E-state index contributed by atoms with van der Waals surface area (Å²) in [5.41, 5.74) is 7.24. The highest BCUT2D eigenvalue weighted by Crippen LogP contribution is 2.77. The first-order valence-corrected chi connectivity index (χ1v) is 20.3. The van der Waals surface area contributed by atoms with Crippen molar-refractivity contribution in [3.8, 4) is 0 Å². The highest BCUT2D eigenvalue weighted by molar-refractivity contribution is 6.00. The number of fused-ring (bicyclic) bond motifs is 7. The molecule has 10 heteroatoms. The summed E-state index contributed by atoms with van der Waals surface area (Å²) in [6, 6.07) is 0. The van der Waals surface area contributed by atoms with Crippen molar-refractivity contribution in [3.63, 3.8) is 0 Å². The largest absolute Gasteiger partial charge is 0.481 e. The van der Waals surface area contributed by atoms with Crippen molar-refractivity contribution < 1.29 is 34.4 Å². The predicted molar refractivity (Wildman–Crippen MR) is 200 cm³/mol. The number of allylic oxidation sites excluding steroid dienone is 1. The summed E-state index contributed by atoms with van der Waals surface area (Å²) in [7, 11) is 0. The van der Waals surface area contributed by atoms with Gasteiger partial charge in [0.1, 0.15) is 0 Å². The van der Waals surface area contributed by atoms with Gasteiger partial charge in [0.05, 0.1) is 17.6 Å². The fourth-order valence-corrected chi connectivity index (χ4v) is 13.6. The molecule has 0 aromatic rings. The molecule has 0 aromatic carbocycles. The zero-order chi connectivity index (χ0) is 38.4. The van der Waals surface area contributed by atoms with Gasteiger partial charge >= 0.3 is 5.97 Å². The number of carbonyl (C=O) groups is 3. The Morgan fingerprint density at radius 3 is 2.21 bits per heavy atom. The summed E-state index contributed by atoms with van der Waals surface area (Å²) in [6.07, 6.45) is 6.24. The van der Waals surface area contributed by atoms with E-state index in [9.17, 15) is 29.7 Å². The molecule has 1 amide bonds. The van der Waals surface area contributed by atoms with Gasteiger partial charge in [-0.15, -0.1) is 0 Å². The van der Waals surface area contributed by atoms with E-state index in [0.29, 0.717) is 26.1 Å². The second-order valence-electron chi connectivity index (χ2n) is 20.3. The maximum atomic E-state index is 14.1. The number of amides is 1. The smallest absolute Gasteiger partial charge is 0.309 e. The molecule has 294 valence electrons. The summed E-state index contributed by atoms with van der Waals surface area (Å²) in [4.78, 5) is 41.3. The Bertz CT molecular complexity index is 1470. The first-order chi connectivity index (χ1) is 24.0. The molecule has 1 heterocycles. The SMILES string of the molecule is CC(C)C1=C2C3CCC4(N)C5(C)CCC(OC(O)CC(C)(C)C(=O)O)C(C)(C)C5CCC4(C)[C@]3(C)CCC2(C(O)CN2CCN(C=O)CC2)CC1=O. The second-order valence-corrected chi connectivity index (χ2v) is 20.3. The van der Waals surface area contributed by atoms with E-state index in [1.165, 1.54) is 5.57 Å². The number of ketones is 1. The monoisotopic (exact) mass is 728 g/mol. The van der Waals surface area contributed by atoms with Gasteiger partial charge in [0.2, 0.25) is 6.41 Å². The summed E-state index contributed by atoms with van der Waals surface area (Å²) < 4.78 is 6.35. The fourth-order valence-electron chi connectivity index (χ4n) is 13.6. The molecular formula is C42H69N3O7. The molecule has 9 unspecified atom stereocenters. The Balaban J connectivity index is 1.30. The average Bonchev–Trinajstić information content (AvgIpc) is 3.37. The van der Waals surface area contributed by atoms with Gasteiger partial charge in [0.15, 0.2) is 12.1 Å². The summed E-state index contributed by atoms with van der Waals surface area (Å²) in [5, 5.41) is 32.9. The summed E-state index contributed by atoms with van der Waals surface area (Å²) in [6.45, 7) is 22.7. The lowest BCUT2D eigenvalue weighted by Crippen LogP contribution is -2.78. The van der Waals surface area contributed by atoms with Gasteiger partial charge < -0.3 is 30.7 Å². The van der Waals surface area contributed by atoms with E-state index in [1.807, 2.05) is 0 Å². The Labute approximate surface area is 312 Å². The number of carboxylic acids is 1. The molecule has 0 bridgehead atoms. The number of piperazine rings is 1. The highest BCUT2D eigenvalue weighted by atomic mass is 16.6. The van der Waals surface area contributed by atoms with E-state index in [1.54, 1.807) is 18.7 Å². The molecule has 4 saturated carbocycles. The Morgan fingerprint density at radius 2 is 1.62 bits per heavy atom. The Hall–Kier alpha value is -1.85. The number of Topliss-reactive ketones (excluding diaryl/α,β-unsaturated/α-hetero) is 1. The number of nitrogens with zero attached hydrogens (tertiary/aromatic N) is 2. The number of rotatable bonds is 10. The van der Waals surface area contributed by atoms with Crippen molar-refractivity contribution in [2.24, 2.45) is 56.0 Å². The van der Waals surface area contributed by atoms with Crippen molar-refractivity contribution in [1.82, 2.24) is 9.80 Å². The molecule has 5 N–H and O–H groups in total. The number of hydrogen-bond acceptors (Lipinski definition) is 8. The van der Waals surface area contributed by atoms with E-state index < -0.39 is 34.7 Å². The van der Waals surface area contributed by atoms with Crippen LogP contribution in [0.25, 0.3) is 0 Å². The molecule has 6 aliphatic rings. The lowest BCUT2D eigenvalue weighted by Gasteiger charge is -2.76. The third-order valence-electron chi connectivity index (χ3n) is 17.0. The minimum atomic E-state index is -1.16. The van der Waals surface area contributed by atoms with Crippen molar-refractivity contribution in [1.29, 1.82) is 0 Å². The van der Waals surface area contributed by atoms with Crippen LogP contribution < -0.4 is 5.73 Å². The molecule has 10 nitrogen and oxygen atoms in total. The van der Waals surface area contributed by atoms with Crippen molar-refractivity contribution in [3.05, 3.63) is 11.1 Å². The molecule has 1 aliphatic heterocycles. The number of carbonyl (C=O) groups excluding carboxylic acids is 2. The molecular weight excluding hydrogens is 658 g/mol. The number of aliphatic carboxylic acids is 1. The van der Waals surface area contributed by atoms with Crippen LogP contribution >= 0.6 is 0 Å². The van der Waals surface area contributed by atoms with Crippen molar-refractivity contribution in [2.45, 2.75) is 151 Å². The van der Waals surface area contributed by atoms with Gasteiger partial charge in [-0.3, -0.25) is 19.3 Å². The molecule has 0 aromatic heterocycles. The quantitative estimate of drug-likeness (QED) is 0.172. The maximum absolute atomic E-state index is 14.1. The molecule has 0 radical (unpaired) electrons. The van der Waals surface area contributed by atoms with E-state index in [4.69, 9.17) is 10.5 Å². The molecule has 5 fully saturated rings. The van der Waals surface area contributed by atoms with E-state index in [-0.39, 0.29) is 57.7 Å². The minimum Gasteiger partial charge on any atom is -0.481 e. The topological polar surface area (TPSA) is 154 Å². The third-order valence-corrected chi connectivity index (χ3v) is 17.0. The van der Waals surface area contributed by atoms with Gasteiger partial charge in [-0.1, -0.05) is 54.0 Å². The number of carboxylic acid groups (broad SMARTS) is 1. The number of aliphatic hydroxyl groups excluding tert-OH is 2. The van der Waals surface area contributed by atoms with Gasteiger partial charge in [-0.05, 0) is 110 Å². The average molecular weight is 728 g/mol. The van der Waals surface area contributed by atoms with E-state index >= 15 is 0 Å². The summed E-state index contributed by atoms with van der Waals surface area (Å²) in [5.74, 6) is -0.256. The zero-order valence-corrected chi connectivity index (χ0v) is 33.6. The standard InChI is InChI=1S/C42H69N3O7/c1-26(2)33-28(47)22-41(30(48)24-44-18-20-45(25-46)21-19-44)17-16-38(7)27(34(33)41)10-15-42(43)39(8)13-12-31(52-32(49)23-36(3,4)35(50)51)37(5,6)29(39)11-14-40(38,42)9/h25-27,29-32,48-49H,10-24,43H2,1-9H3,(H,50,51)/t27?,29?,30?,31?,32?,38-,39?,40?,41?,42?/m1/s1. The molecule has 0 spiro atoms. The molecule has 6 rings (SSSR count). The molecule has 5 aliphatic carbocycles. The van der Waals surface area contributed by atoms with Crippen LogP contribution in [-0.4, -0.2) is 100 Å². The normalized spacial score (nSPS) is 41.9. The Morgan fingerprint density at radius 1 is 0.962 bits per heavy atom.